The maximum atomic E-state index is 6.03. The van der Waals surface area contributed by atoms with Gasteiger partial charge in [0.15, 0.2) is 0 Å². The van der Waals surface area contributed by atoms with Crippen LogP contribution < -0.4 is 10.1 Å². The molecule has 0 aromatic heterocycles. The molecule has 0 heterocycles. The smallest absolute Gasteiger partial charge is 0.123 e. The molecule has 0 atom stereocenters. The fourth-order valence-electron chi connectivity index (χ4n) is 1.78. The van der Waals surface area contributed by atoms with Gasteiger partial charge in [-0.2, -0.15) is 0 Å². The summed E-state index contributed by atoms with van der Waals surface area (Å²) in [6, 6.07) is 9.55. The molecule has 0 aliphatic carbocycles. The molecule has 0 unspecified atom stereocenters. The van der Waals surface area contributed by atoms with Gasteiger partial charge in [0, 0.05) is 30.5 Å². The first kappa shape index (κ1) is 16.1. The van der Waals surface area contributed by atoms with Crippen LogP contribution in [0.1, 0.15) is 5.56 Å². The highest BCUT2D eigenvalue weighted by Crippen LogP contribution is 2.35. The maximum Gasteiger partial charge on any atom is 0.123 e. The lowest BCUT2D eigenvalue weighted by atomic mass is 10.2. The van der Waals surface area contributed by atoms with Crippen LogP contribution in [0.3, 0.4) is 0 Å². The second-order valence-corrected chi connectivity index (χ2v) is 7.11. The third-order valence-corrected chi connectivity index (χ3v) is 4.65. The number of methoxy groups -OCH3 is 1. The number of hydrogen-bond donors (Lipinski definition) is 1. The van der Waals surface area contributed by atoms with Crippen LogP contribution in [0.15, 0.2) is 43.7 Å². The number of ether oxygens (including phenoxy) is 1. The number of rotatable bonds is 4. The Hall–Kier alpha value is -0.230. The molecule has 1 N–H and O–H groups in total. The second kappa shape index (κ2) is 7.16. The van der Waals surface area contributed by atoms with Crippen molar-refractivity contribution < 1.29 is 4.74 Å². The number of anilines is 1. The number of halogens is 4. The average molecular weight is 484 g/mol. The first-order chi connectivity index (χ1) is 9.51. The van der Waals surface area contributed by atoms with Crippen molar-refractivity contribution in [3.05, 3.63) is 54.3 Å². The lowest BCUT2D eigenvalue weighted by Gasteiger charge is -2.14. The van der Waals surface area contributed by atoms with E-state index in [1.807, 2.05) is 30.3 Å². The molecule has 2 aromatic carbocycles. The molecular weight excluding hydrogens is 473 g/mol. The van der Waals surface area contributed by atoms with Gasteiger partial charge >= 0.3 is 0 Å². The number of benzene rings is 2. The topological polar surface area (TPSA) is 21.3 Å². The van der Waals surface area contributed by atoms with E-state index in [0.29, 0.717) is 11.6 Å². The predicted octanol–water partition coefficient (Wildman–Crippen LogP) is 6.25. The molecule has 2 rings (SSSR count). The van der Waals surface area contributed by atoms with Crippen molar-refractivity contribution >= 4 is 65.1 Å². The van der Waals surface area contributed by atoms with Crippen LogP contribution in [0.4, 0.5) is 5.69 Å². The summed E-state index contributed by atoms with van der Waals surface area (Å²) >= 11 is 16.6. The fraction of sp³-hybridized carbons (Fsp3) is 0.143. The Kier molecular flexibility index (Phi) is 5.78. The number of hydrogen-bond acceptors (Lipinski definition) is 2. The van der Waals surface area contributed by atoms with E-state index in [0.717, 1.165) is 30.4 Å². The lowest BCUT2D eigenvalue weighted by molar-refractivity contribution is 0.410. The zero-order valence-electron chi connectivity index (χ0n) is 10.5. The molecule has 6 heteroatoms. The summed E-state index contributed by atoms with van der Waals surface area (Å²) in [6.45, 7) is 0.614. The van der Waals surface area contributed by atoms with Crippen LogP contribution in [0.5, 0.6) is 5.75 Å². The van der Waals surface area contributed by atoms with Crippen molar-refractivity contribution in [2.45, 2.75) is 6.54 Å². The summed E-state index contributed by atoms with van der Waals surface area (Å²) < 4.78 is 8.28. The highest BCUT2D eigenvalue weighted by molar-refractivity contribution is 9.11. The Morgan fingerprint density at radius 1 is 1.10 bits per heavy atom. The SMILES string of the molecule is COc1ccc(Cl)cc1CNc1c(Br)cc(Br)cc1Br. The highest BCUT2D eigenvalue weighted by atomic mass is 79.9. The Balaban J connectivity index is 2.23. The van der Waals surface area contributed by atoms with Gasteiger partial charge in [-0.05, 0) is 62.2 Å². The van der Waals surface area contributed by atoms with Crippen molar-refractivity contribution in [3.63, 3.8) is 0 Å². The normalized spacial score (nSPS) is 10.4. The van der Waals surface area contributed by atoms with Crippen LogP contribution in [0.2, 0.25) is 5.02 Å². The summed E-state index contributed by atoms with van der Waals surface area (Å²) in [5, 5.41) is 4.06. The Morgan fingerprint density at radius 3 is 2.35 bits per heavy atom. The summed E-state index contributed by atoms with van der Waals surface area (Å²) in [5.74, 6) is 0.811. The molecule has 0 amide bonds. The second-order valence-electron chi connectivity index (χ2n) is 4.05. The average Bonchev–Trinajstić information content (AvgIpc) is 2.37. The minimum absolute atomic E-state index is 0.614. The highest BCUT2D eigenvalue weighted by Gasteiger charge is 2.09. The van der Waals surface area contributed by atoms with Crippen LogP contribution in [-0.2, 0) is 6.54 Å². The van der Waals surface area contributed by atoms with E-state index in [1.54, 1.807) is 7.11 Å². The first-order valence-electron chi connectivity index (χ1n) is 5.72. The van der Waals surface area contributed by atoms with Crippen LogP contribution >= 0.6 is 59.4 Å². The first-order valence-corrected chi connectivity index (χ1v) is 8.48. The molecule has 0 bridgehead atoms. The van der Waals surface area contributed by atoms with E-state index < -0.39 is 0 Å². The van der Waals surface area contributed by atoms with Gasteiger partial charge in [-0.3, -0.25) is 0 Å². The standard InChI is InChI=1S/C14H11Br3ClNO/c1-20-13-3-2-10(18)4-8(13)7-19-14-11(16)5-9(15)6-12(14)17/h2-6,19H,7H2,1H3. The third-order valence-electron chi connectivity index (χ3n) is 2.70. The van der Waals surface area contributed by atoms with Gasteiger partial charge < -0.3 is 10.1 Å². The molecule has 0 aliphatic heterocycles. The van der Waals surface area contributed by atoms with Gasteiger partial charge in [0.1, 0.15) is 5.75 Å². The molecule has 0 radical (unpaired) electrons. The molecule has 0 spiro atoms. The van der Waals surface area contributed by atoms with Gasteiger partial charge in [0.25, 0.3) is 0 Å². The molecule has 0 aliphatic rings. The quantitative estimate of drug-likeness (QED) is 0.554. The van der Waals surface area contributed by atoms with Crippen LogP contribution in [0.25, 0.3) is 0 Å². The Morgan fingerprint density at radius 2 is 1.75 bits per heavy atom. The van der Waals surface area contributed by atoms with Crippen molar-refractivity contribution in [2.75, 3.05) is 12.4 Å². The molecule has 2 aromatic rings. The molecule has 106 valence electrons. The molecule has 0 saturated heterocycles. The third kappa shape index (κ3) is 3.91. The van der Waals surface area contributed by atoms with Crippen molar-refractivity contribution in [1.29, 1.82) is 0 Å². The Labute approximate surface area is 148 Å². The molecule has 0 saturated carbocycles. The summed E-state index contributed by atoms with van der Waals surface area (Å²) in [5.41, 5.74) is 1.98. The molecule has 0 fully saturated rings. The van der Waals surface area contributed by atoms with Gasteiger partial charge in [0.05, 0.1) is 12.8 Å². The van der Waals surface area contributed by atoms with E-state index in [1.165, 1.54) is 0 Å². The van der Waals surface area contributed by atoms with Crippen molar-refractivity contribution in [1.82, 2.24) is 0 Å². The van der Waals surface area contributed by atoms with Gasteiger partial charge in [-0.15, -0.1) is 0 Å². The zero-order chi connectivity index (χ0) is 14.7. The van der Waals surface area contributed by atoms with Crippen molar-refractivity contribution in [3.8, 4) is 5.75 Å². The minimum Gasteiger partial charge on any atom is -0.496 e. The van der Waals surface area contributed by atoms with E-state index in [2.05, 4.69) is 53.1 Å². The van der Waals surface area contributed by atoms with Gasteiger partial charge in [-0.25, -0.2) is 0 Å². The molecular formula is C14H11Br3ClNO. The summed E-state index contributed by atoms with van der Waals surface area (Å²) in [6.07, 6.45) is 0. The fourth-order valence-corrected chi connectivity index (χ4v) is 4.51. The van der Waals surface area contributed by atoms with Crippen LogP contribution in [-0.4, -0.2) is 7.11 Å². The van der Waals surface area contributed by atoms with E-state index >= 15 is 0 Å². The Bertz CT molecular complexity index is 611. The summed E-state index contributed by atoms with van der Waals surface area (Å²) in [4.78, 5) is 0. The zero-order valence-corrected chi connectivity index (χ0v) is 16.0. The van der Waals surface area contributed by atoms with E-state index in [4.69, 9.17) is 16.3 Å². The van der Waals surface area contributed by atoms with Crippen molar-refractivity contribution in [2.24, 2.45) is 0 Å². The van der Waals surface area contributed by atoms with Gasteiger partial charge in [-0.1, -0.05) is 27.5 Å². The minimum atomic E-state index is 0.614. The largest absolute Gasteiger partial charge is 0.496 e. The van der Waals surface area contributed by atoms with Crippen LogP contribution in [0, 0.1) is 0 Å². The molecule has 2 nitrogen and oxygen atoms in total. The van der Waals surface area contributed by atoms with E-state index in [-0.39, 0.29) is 0 Å². The molecule has 20 heavy (non-hydrogen) atoms. The monoisotopic (exact) mass is 481 g/mol. The number of nitrogens with one attached hydrogen (secondary N) is 1. The van der Waals surface area contributed by atoms with Gasteiger partial charge in [0.2, 0.25) is 0 Å². The van der Waals surface area contributed by atoms with E-state index in [9.17, 15) is 0 Å². The predicted molar refractivity (Wildman–Crippen MR) is 94.9 cm³/mol. The maximum absolute atomic E-state index is 6.03. The lowest BCUT2D eigenvalue weighted by Crippen LogP contribution is -2.03. The summed E-state index contributed by atoms with van der Waals surface area (Å²) in [7, 11) is 1.65.